The number of rotatable bonds is 6. The second-order valence-electron chi connectivity index (χ2n) is 6.47. The summed E-state index contributed by atoms with van der Waals surface area (Å²) in [5, 5.41) is 2.57. The molecule has 1 aromatic carbocycles. The van der Waals surface area contributed by atoms with Crippen molar-refractivity contribution in [1.29, 1.82) is 0 Å². The number of para-hydroxylation sites is 1. The Hall–Kier alpha value is -3.11. The molecule has 0 spiro atoms. The number of carbonyl (C=O) groups is 4. The molecule has 10 heteroatoms. The summed E-state index contributed by atoms with van der Waals surface area (Å²) in [6.45, 7) is -0.208. The van der Waals surface area contributed by atoms with E-state index in [0.717, 1.165) is 25.0 Å². The number of thiazole rings is 1. The highest BCUT2D eigenvalue weighted by Crippen LogP contribution is 2.23. The van der Waals surface area contributed by atoms with Crippen LogP contribution in [0.4, 0.5) is 4.79 Å². The van der Waals surface area contributed by atoms with Gasteiger partial charge in [0.1, 0.15) is 11.6 Å². The minimum atomic E-state index is -0.978. The molecule has 0 unspecified atom stereocenters. The maximum atomic E-state index is 12.6. The van der Waals surface area contributed by atoms with Gasteiger partial charge in [0.2, 0.25) is 5.91 Å². The van der Waals surface area contributed by atoms with Gasteiger partial charge in [0.15, 0.2) is 0 Å². The van der Waals surface area contributed by atoms with Crippen LogP contribution >= 0.6 is 22.7 Å². The summed E-state index contributed by atoms with van der Waals surface area (Å²) in [5.74, 6) is -2.34. The number of urea groups is 1. The van der Waals surface area contributed by atoms with Crippen molar-refractivity contribution < 1.29 is 19.2 Å². The van der Waals surface area contributed by atoms with Crippen LogP contribution in [-0.4, -0.2) is 57.0 Å². The average Bonchev–Trinajstić information content (AvgIpc) is 3.40. The van der Waals surface area contributed by atoms with Crippen LogP contribution in [-0.2, 0) is 27.5 Å². The average molecular weight is 428 g/mol. The first-order valence-electron chi connectivity index (χ1n) is 8.72. The Morgan fingerprint density at radius 1 is 1.07 bits per heavy atom. The molecule has 1 aliphatic rings. The van der Waals surface area contributed by atoms with Crippen molar-refractivity contribution in [2.24, 2.45) is 0 Å². The zero-order valence-corrected chi connectivity index (χ0v) is 17.0. The zero-order valence-electron chi connectivity index (χ0n) is 15.4. The topological polar surface area (TPSA) is 90.9 Å². The molecular weight excluding hydrogens is 412 g/mol. The van der Waals surface area contributed by atoms with E-state index in [2.05, 4.69) is 4.98 Å². The lowest BCUT2D eigenvalue weighted by Gasteiger charge is -2.19. The summed E-state index contributed by atoms with van der Waals surface area (Å²) in [5.41, 5.74) is 0.855. The summed E-state index contributed by atoms with van der Waals surface area (Å²) < 4.78 is 1.02. The molecule has 0 radical (unpaired) electrons. The smallest absolute Gasteiger partial charge is 0.335 e. The summed E-state index contributed by atoms with van der Waals surface area (Å²) in [7, 11) is 1.57. The van der Waals surface area contributed by atoms with E-state index in [4.69, 9.17) is 0 Å². The van der Waals surface area contributed by atoms with Crippen LogP contribution in [0, 0.1) is 0 Å². The Morgan fingerprint density at radius 2 is 1.83 bits per heavy atom. The minimum Gasteiger partial charge on any atom is -0.337 e. The maximum absolute atomic E-state index is 12.6. The van der Waals surface area contributed by atoms with Gasteiger partial charge in [0.25, 0.3) is 0 Å². The van der Waals surface area contributed by atoms with E-state index in [1.807, 2.05) is 29.6 Å². The number of thiophene rings is 1. The Morgan fingerprint density at radius 3 is 2.55 bits per heavy atom. The highest BCUT2D eigenvalue weighted by Gasteiger charge is 2.45. The fourth-order valence-corrected chi connectivity index (χ4v) is 4.64. The predicted molar refractivity (Wildman–Crippen MR) is 108 cm³/mol. The Balaban J connectivity index is 1.42. The summed E-state index contributed by atoms with van der Waals surface area (Å²) >= 11 is 2.86. The molecular formula is C19H16N4O4S2. The zero-order chi connectivity index (χ0) is 20.5. The minimum absolute atomic E-state index is 0.0211. The van der Waals surface area contributed by atoms with Gasteiger partial charge in [-0.2, -0.15) is 0 Å². The lowest BCUT2D eigenvalue weighted by Crippen LogP contribution is -2.41. The molecule has 1 fully saturated rings. The molecule has 1 saturated heterocycles. The molecule has 1 aliphatic heterocycles. The van der Waals surface area contributed by atoms with Gasteiger partial charge in [0.05, 0.1) is 23.3 Å². The fourth-order valence-electron chi connectivity index (χ4n) is 2.92. The third-order valence-corrected chi connectivity index (χ3v) is 6.34. The molecule has 0 bridgehead atoms. The molecule has 0 aliphatic carbocycles. The quantitative estimate of drug-likeness (QED) is 0.444. The van der Waals surface area contributed by atoms with Crippen LogP contribution in [0.15, 0.2) is 41.8 Å². The molecule has 8 nitrogen and oxygen atoms in total. The first-order chi connectivity index (χ1) is 13.9. The number of hydrogen-bond donors (Lipinski definition) is 0. The molecule has 0 saturated carbocycles. The molecule has 2 aromatic heterocycles. The maximum Gasteiger partial charge on any atom is 0.335 e. The van der Waals surface area contributed by atoms with Crippen molar-refractivity contribution in [3.05, 3.63) is 51.7 Å². The largest absolute Gasteiger partial charge is 0.337 e. The SMILES string of the molecule is CN(Cc1nc2ccccc2s1)C(=O)CN1C(=O)C(=O)N(Cc2cccs2)C1=O. The van der Waals surface area contributed by atoms with Crippen LogP contribution in [0.25, 0.3) is 10.2 Å². The second-order valence-corrected chi connectivity index (χ2v) is 8.62. The van der Waals surface area contributed by atoms with E-state index >= 15 is 0 Å². The first-order valence-corrected chi connectivity index (χ1v) is 10.4. The third kappa shape index (κ3) is 3.76. The molecule has 0 N–H and O–H groups in total. The van der Waals surface area contributed by atoms with Gasteiger partial charge in [-0.05, 0) is 23.6 Å². The van der Waals surface area contributed by atoms with Crippen molar-refractivity contribution in [3.63, 3.8) is 0 Å². The van der Waals surface area contributed by atoms with E-state index in [-0.39, 0.29) is 13.1 Å². The van der Waals surface area contributed by atoms with Gasteiger partial charge in [-0.15, -0.1) is 22.7 Å². The standard InChI is InChI=1S/C19H16N4O4S2/c1-21(10-15-20-13-6-2-3-7-14(13)29-15)16(24)11-23-18(26)17(25)22(19(23)27)9-12-5-4-8-28-12/h2-8H,9-11H2,1H3. The van der Waals surface area contributed by atoms with Crippen LogP contribution in [0.1, 0.15) is 9.88 Å². The van der Waals surface area contributed by atoms with Crippen LogP contribution in [0.2, 0.25) is 0 Å². The number of aromatic nitrogens is 1. The van der Waals surface area contributed by atoms with Gasteiger partial charge in [-0.1, -0.05) is 18.2 Å². The first kappa shape index (κ1) is 19.2. The van der Waals surface area contributed by atoms with Gasteiger partial charge >= 0.3 is 17.8 Å². The lowest BCUT2D eigenvalue weighted by molar-refractivity contribution is -0.145. The van der Waals surface area contributed by atoms with Crippen molar-refractivity contribution in [3.8, 4) is 0 Å². The number of nitrogens with zero attached hydrogens (tertiary/aromatic N) is 4. The molecule has 3 aromatic rings. The molecule has 29 heavy (non-hydrogen) atoms. The monoisotopic (exact) mass is 428 g/mol. The van der Waals surface area contributed by atoms with Crippen molar-refractivity contribution >= 4 is 56.6 Å². The van der Waals surface area contributed by atoms with Crippen LogP contribution < -0.4 is 0 Å². The summed E-state index contributed by atoms with van der Waals surface area (Å²) in [6.07, 6.45) is 0. The van der Waals surface area contributed by atoms with Gasteiger partial charge in [-0.3, -0.25) is 19.3 Å². The van der Waals surface area contributed by atoms with Crippen molar-refractivity contribution in [2.45, 2.75) is 13.1 Å². The molecule has 3 heterocycles. The Bertz CT molecular complexity index is 1080. The molecule has 148 valence electrons. The molecule has 4 rings (SSSR count). The fraction of sp³-hybridized carbons (Fsp3) is 0.211. The second kappa shape index (κ2) is 7.72. The van der Waals surface area contributed by atoms with Gasteiger partial charge in [-0.25, -0.2) is 14.7 Å². The third-order valence-electron chi connectivity index (χ3n) is 4.46. The number of fused-ring (bicyclic) bond motifs is 1. The summed E-state index contributed by atoms with van der Waals surface area (Å²) in [4.78, 5) is 57.7. The van der Waals surface area contributed by atoms with E-state index in [1.165, 1.54) is 27.6 Å². The predicted octanol–water partition coefficient (Wildman–Crippen LogP) is 2.31. The van der Waals surface area contributed by atoms with E-state index in [0.29, 0.717) is 4.90 Å². The highest BCUT2D eigenvalue weighted by molar-refractivity contribution is 7.18. The lowest BCUT2D eigenvalue weighted by atomic mass is 10.3. The van der Waals surface area contributed by atoms with Crippen molar-refractivity contribution in [2.75, 3.05) is 13.6 Å². The molecule has 0 atom stereocenters. The van der Waals surface area contributed by atoms with Crippen LogP contribution in [0.3, 0.4) is 0 Å². The highest BCUT2D eigenvalue weighted by atomic mass is 32.1. The number of imide groups is 2. The van der Waals surface area contributed by atoms with Crippen molar-refractivity contribution in [1.82, 2.24) is 19.7 Å². The van der Waals surface area contributed by atoms with E-state index in [1.54, 1.807) is 19.2 Å². The number of amides is 5. The number of benzene rings is 1. The van der Waals surface area contributed by atoms with Gasteiger partial charge in [0, 0.05) is 11.9 Å². The van der Waals surface area contributed by atoms with Crippen LogP contribution in [0.5, 0.6) is 0 Å². The van der Waals surface area contributed by atoms with E-state index < -0.39 is 30.3 Å². The van der Waals surface area contributed by atoms with E-state index in [9.17, 15) is 19.2 Å². The number of likely N-dealkylation sites (N-methyl/N-ethyl adjacent to an activating group) is 1. The van der Waals surface area contributed by atoms with Gasteiger partial charge < -0.3 is 4.90 Å². The summed E-state index contributed by atoms with van der Waals surface area (Å²) in [6, 6.07) is 10.5. The Kier molecular flexibility index (Phi) is 5.12. The normalized spacial score (nSPS) is 14.3. The molecule has 5 amide bonds. The Labute approximate surface area is 174 Å². The number of carbonyl (C=O) groups excluding carboxylic acids is 4. The number of hydrogen-bond acceptors (Lipinski definition) is 7.